The molecule has 0 spiro atoms. The standard InChI is InChI=1S/C19H30N2O3/c1-4-6-7-8-15(3)20-19(22)13-21(5-2)12-16-9-10-17-18(11-16)24-14-23-17/h9-11,15H,4-8,12-14H2,1-3H3,(H,20,22). The highest BCUT2D eigenvalue weighted by atomic mass is 16.7. The Balaban J connectivity index is 1.80. The number of nitrogens with zero attached hydrogens (tertiary/aromatic N) is 1. The molecule has 0 saturated carbocycles. The summed E-state index contributed by atoms with van der Waals surface area (Å²) >= 11 is 0. The molecule has 1 atom stereocenters. The molecule has 5 nitrogen and oxygen atoms in total. The van der Waals surface area contributed by atoms with Gasteiger partial charge in [0.25, 0.3) is 0 Å². The minimum Gasteiger partial charge on any atom is -0.454 e. The van der Waals surface area contributed by atoms with Crippen LogP contribution in [0.15, 0.2) is 18.2 Å². The molecule has 0 aromatic heterocycles. The number of fused-ring (bicyclic) bond motifs is 1. The predicted octanol–water partition coefficient (Wildman–Crippen LogP) is 3.32. The summed E-state index contributed by atoms with van der Waals surface area (Å²) < 4.78 is 10.7. The van der Waals surface area contributed by atoms with Gasteiger partial charge in [-0.15, -0.1) is 0 Å². The summed E-state index contributed by atoms with van der Waals surface area (Å²) in [5.41, 5.74) is 1.13. The van der Waals surface area contributed by atoms with Crippen molar-refractivity contribution in [3.63, 3.8) is 0 Å². The number of unbranched alkanes of at least 4 members (excludes halogenated alkanes) is 2. The third-order valence-electron chi connectivity index (χ3n) is 4.31. The largest absolute Gasteiger partial charge is 0.454 e. The molecule has 0 radical (unpaired) electrons. The lowest BCUT2D eigenvalue weighted by Gasteiger charge is -2.22. The number of rotatable bonds is 10. The molecule has 0 fully saturated rings. The van der Waals surface area contributed by atoms with Gasteiger partial charge in [-0.05, 0) is 37.6 Å². The third kappa shape index (κ3) is 5.71. The van der Waals surface area contributed by atoms with Gasteiger partial charge < -0.3 is 14.8 Å². The zero-order valence-corrected chi connectivity index (χ0v) is 15.1. The first-order valence-corrected chi connectivity index (χ1v) is 9.02. The van der Waals surface area contributed by atoms with E-state index in [1.54, 1.807) is 0 Å². The Morgan fingerprint density at radius 1 is 1.25 bits per heavy atom. The van der Waals surface area contributed by atoms with Crippen molar-refractivity contribution in [3.8, 4) is 11.5 Å². The van der Waals surface area contributed by atoms with Gasteiger partial charge in [-0.25, -0.2) is 0 Å². The summed E-state index contributed by atoms with van der Waals surface area (Å²) in [6.45, 7) is 8.61. The van der Waals surface area contributed by atoms with Crippen molar-refractivity contribution in [2.75, 3.05) is 19.9 Å². The van der Waals surface area contributed by atoms with Crippen LogP contribution in [0.5, 0.6) is 11.5 Å². The van der Waals surface area contributed by atoms with Crippen molar-refractivity contribution in [1.82, 2.24) is 10.2 Å². The zero-order valence-electron chi connectivity index (χ0n) is 15.1. The molecule has 1 amide bonds. The van der Waals surface area contributed by atoms with E-state index in [-0.39, 0.29) is 18.7 Å². The first kappa shape index (κ1) is 18.6. The van der Waals surface area contributed by atoms with E-state index in [0.717, 1.165) is 36.6 Å². The van der Waals surface area contributed by atoms with E-state index in [9.17, 15) is 4.79 Å². The van der Waals surface area contributed by atoms with Gasteiger partial charge in [-0.3, -0.25) is 9.69 Å². The number of nitrogens with one attached hydrogen (secondary N) is 1. The molecule has 5 heteroatoms. The van der Waals surface area contributed by atoms with Gasteiger partial charge in [0.2, 0.25) is 12.7 Å². The van der Waals surface area contributed by atoms with Crippen LogP contribution in [0.25, 0.3) is 0 Å². The molecule has 1 aromatic carbocycles. The maximum Gasteiger partial charge on any atom is 0.234 e. The van der Waals surface area contributed by atoms with Crippen LogP contribution in [0, 0.1) is 0 Å². The van der Waals surface area contributed by atoms with Crippen molar-refractivity contribution < 1.29 is 14.3 Å². The number of likely N-dealkylation sites (N-methyl/N-ethyl adjacent to an activating group) is 1. The highest BCUT2D eigenvalue weighted by Crippen LogP contribution is 2.32. The Kier molecular flexibility index (Phi) is 7.37. The number of amides is 1. The zero-order chi connectivity index (χ0) is 17.4. The van der Waals surface area contributed by atoms with E-state index in [2.05, 4.69) is 31.0 Å². The van der Waals surface area contributed by atoms with E-state index >= 15 is 0 Å². The lowest BCUT2D eigenvalue weighted by Crippen LogP contribution is -2.40. The van der Waals surface area contributed by atoms with Crippen LogP contribution < -0.4 is 14.8 Å². The molecule has 2 rings (SSSR count). The summed E-state index contributed by atoms with van der Waals surface area (Å²) in [6.07, 6.45) is 4.66. The van der Waals surface area contributed by atoms with Crippen molar-refractivity contribution >= 4 is 5.91 Å². The molecule has 0 bridgehead atoms. The molecular weight excluding hydrogens is 304 g/mol. The molecule has 1 N–H and O–H groups in total. The van der Waals surface area contributed by atoms with Gasteiger partial charge in [0, 0.05) is 12.6 Å². The van der Waals surface area contributed by atoms with Crippen molar-refractivity contribution in [2.24, 2.45) is 0 Å². The molecule has 1 unspecified atom stereocenters. The van der Waals surface area contributed by atoms with Crippen molar-refractivity contribution in [1.29, 1.82) is 0 Å². The maximum atomic E-state index is 12.2. The Morgan fingerprint density at radius 3 is 2.79 bits per heavy atom. The van der Waals surface area contributed by atoms with Gasteiger partial charge in [-0.1, -0.05) is 39.2 Å². The SMILES string of the molecule is CCCCCC(C)NC(=O)CN(CC)Cc1ccc2c(c1)OCO2. The fourth-order valence-electron chi connectivity index (χ4n) is 2.87. The Hall–Kier alpha value is -1.75. The highest BCUT2D eigenvalue weighted by molar-refractivity contribution is 5.78. The number of carbonyl (C=O) groups excluding carboxylic acids is 1. The van der Waals surface area contributed by atoms with Crippen LogP contribution in [-0.2, 0) is 11.3 Å². The third-order valence-corrected chi connectivity index (χ3v) is 4.31. The van der Waals surface area contributed by atoms with Crippen LogP contribution in [0.2, 0.25) is 0 Å². The predicted molar refractivity (Wildman–Crippen MR) is 95.3 cm³/mol. The fraction of sp³-hybridized carbons (Fsp3) is 0.632. The van der Waals surface area contributed by atoms with Crippen LogP contribution in [0.3, 0.4) is 0 Å². The van der Waals surface area contributed by atoms with Gasteiger partial charge >= 0.3 is 0 Å². The van der Waals surface area contributed by atoms with Gasteiger partial charge in [-0.2, -0.15) is 0 Å². The number of ether oxygens (including phenoxy) is 2. The second-order valence-electron chi connectivity index (χ2n) is 6.46. The van der Waals surface area contributed by atoms with E-state index in [4.69, 9.17) is 9.47 Å². The number of benzene rings is 1. The Labute approximate surface area is 145 Å². The maximum absolute atomic E-state index is 12.2. The first-order valence-electron chi connectivity index (χ1n) is 9.02. The molecule has 1 aliphatic heterocycles. The smallest absolute Gasteiger partial charge is 0.234 e. The van der Waals surface area contributed by atoms with Gasteiger partial charge in [0.15, 0.2) is 11.5 Å². The minimum absolute atomic E-state index is 0.0987. The topological polar surface area (TPSA) is 50.8 Å². The molecule has 24 heavy (non-hydrogen) atoms. The second-order valence-corrected chi connectivity index (χ2v) is 6.46. The molecule has 1 aliphatic rings. The number of carbonyl (C=O) groups is 1. The Morgan fingerprint density at radius 2 is 2.04 bits per heavy atom. The molecule has 1 aromatic rings. The summed E-state index contributed by atoms with van der Waals surface area (Å²) in [5.74, 6) is 1.68. The van der Waals surface area contributed by atoms with E-state index in [1.165, 1.54) is 19.3 Å². The molecular formula is C19H30N2O3. The van der Waals surface area contributed by atoms with E-state index in [0.29, 0.717) is 6.54 Å². The van der Waals surface area contributed by atoms with Gasteiger partial charge in [0.05, 0.1) is 6.54 Å². The molecule has 0 aliphatic carbocycles. The van der Waals surface area contributed by atoms with Crippen LogP contribution in [-0.4, -0.2) is 36.7 Å². The minimum atomic E-state index is 0.0987. The fourth-order valence-corrected chi connectivity index (χ4v) is 2.87. The van der Waals surface area contributed by atoms with Crippen LogP contribution in [0.1, 0.15) is 52.0 Å². The number of hydrogen-bond donors (Lipinski definition) is 1. The summed E-state index contributed by atoms with van der Waals surface area (Å²) in [5, 5.41) is 3.11. The summed E-state index contributed by atoms with van der Waals surface area (Å²) in [7, 11) is 0. The van der Waals surface area contributed by atoms with Gasteiger partial charge in [0.1, 0.15) is 0 Å². The molecule has 0 saturated heterocycles. The van der Waals surface area contributed by atoms with Crippen molar-refractivity contribution in [2.45, 2.75) is 59.0 Å². The lowest BCUT2D eigenvalue weighted by atomic mass is 10.1. The monoisotopic (exact) mass is 334 g/mol. The van der Waals surface area contributed by atoms with Crippen molar-refractivity contribution in [3.05, 3.63) is 23.8 Å². The first-order chi connectivity index (χ1) is 11.6. The quantitative estimate of drug-likeness (QED) is 0.667. The number of hydrogen-bond acceptors (Lipinski definition) is 4. The Bertz CT molecular complexity index is 533. The highest BCUT2D eigenvalue weighted by Gasteiger charge is 2.16. The van der Waals surface area contributed by atoms with E-state index in [1.807, 2.05) is 18.2 Å². The average Bonchev–Trinajstić information content (AvgIpc) is 3.02. The lowest BCUT2D eigenvalue weighted by molar-refractivity contribution is -0.123. The van der Waals surface area contributed by atoms with Crippen LogP contribution in [0.4, 0.5) is 0 Å². The van der Waals surface area contributed by atoms with Crippen LogP contribution >= 0.6 is 0 Å². The summed E-state index contributed by atoms with van der Waals surface area (Å²) in [4.78, 5) is 14.4. The molecule has 1 heterocycles. The summed E-state index contributed by atoms with van der Waals surface area (Å²) in [6, 6.07) is 6.20. The normalized spacial score (nSPS) is 14.0. The average molecular weight is 334 g/mol. The second kappa shape index (κ2) is 9.52. The van der Waals surface area contributed by atoms with E-state index < -0.39 is 0 Å². The molecule has 134 valence electrons.